The SMILES string of the molecule is CC(=O)Nc1ccc(C(=O)OCC(=O)N2CCCC[C@@H]2C(N)=O)cc1. The monoisotopic (exact) mass is 347 g/mol. The van der Waals surface area contributed by atoms with Crippen molar-refractivity contribution < 1.29 is 23.9 Å². The molecule has 25 heavy (non-hydrogen) atoms. The molecule has 1 fully saturated rings. The van der Waals surface area contributed by atoms with E-state index < -0.39 is 30.4 Å². The zero-order chi connectivity index (χ0) is 18.4. The molecule has 0 saturated carbocycles. The van der Waals surface area contributed by atoms with Crippen LogP contribution in [0, 0.1) is 0 Å². The van der Waals surface area contributed by atoms with Crippen LogP contribution in [0.25, 0.3) is 0 Å². The van der Waals surface area contributed by atoms with Crippen molar-refractivity contribution in [2.45, 2.75) is 32.2 Å². The molecule has 3 N–H and O–H groups in total. The van der Waals surface area contributed by atoms with Crippen molar-refractivity contribution in [3.63, 3.8) is 0 Å². The highest BCUT2D eigenvalue weighted by Gasteiger charge is 2.31. The highest BCUT2D eigenvalue weighted by Crippen LogP contribution is 2.17. The number of piperidine rings is 1. The second-order valence-electron chi connectivity index (χ2n) is 5.84. The fourth-order valence-corrected chi connectivity index (χ4v) is 2.71. The molecule has 0 aliphatic carbocycles. The van der Waals surface area contributed by atoms with Crippen LogP contribution >= 0.6 is 0 Å². The topological polar surface area (TPSA) is 119 Å². The number of rotatable bonds is 5. The Balaban J connectivity index is 1.91. The van der Waals surface area contributed by atoms with Gasteiger partial charge in [0, 0.05) is 19.2 Å². The molecular formula is C17H21N3O5. The Morgan fingerprint density at radius 3 is 2.48 bits per heavy atom. The molecular weight excluding hydrogens is 326 g/mol. The van der Waals surface area contributed by atoms with Crippen molar-refractivity contribution in [1.82, 2.24) is 4.90 Å². The zero-order valence-electron chi connectivity index (χ0n) is 14.0. The van der Waals surface area contributed by atoms with Gasteiger partial charge in [-0.05, 0) is 43.5 Å². The molecule has 2 rings (SSSR count). The fraction of sp³-hybridized carbons (Fsp3) is 0.412. The first-order valence-electron chi connectivity index (χ1n) is 8.02. The van der Waals surface area contributed by atoms with E-state index in [9.17, 15) is 19.2 Å². The van der Waals surface area contributed by atoms with E-state index in [1.807, 2.05) is 0 Å². The third-order valence-electron chi connectivity index (χ3n) is 3.92. The lowest BCUT2D eigenvalue weighted by Crippen LogP contribution is -2.51. The van der Waals surface area contributed by atoms with Crippen LogP contribution in [0.15, 0.2) is 24.3 Å². The van der Waals surface area contributed by atoms with Gasteiger partial charge in [0.15, 0.2) is 6.61 Å². The molecule has 0 bridgehead atoms. The van der Waals surface area contributed by atoms with Gasteiger partial charge >= 0.3 is 5.97 Å². The lowest BCUT2D eigenvalue weighted by atomic mass is 10.0. The summed E-state index contributed by atoms with van der Waals surface area (Å²) in [5, 5.41) is 2.58. The molecule has 0 aromatic heterocycles. The van der Waals surface area contributed by atoms with E-state index in [4.69, 9.17) is 10.5 Å². The number of primary amides is 1. The van der Waals surface area contributed by atoms with Crippen molar-refractivity contribution >= 4 is 29.4 Å². The molecule has 8 nitrogen and oxygen atoms in total. The predicted octanol–water partition coefficient (Wildman–Crippen LogP) is 0.668. The van der Waals surface area contributed by atoms with E-state index in [1.165, 1.54) is 24.0 Å². The highest BCUT2D eigenvalue weighted by molar-refractivity contribution is 5.94. The number of amides is 3. The van der Waals surface area contributed by atoms with Crippen LogP contribution in [0.2, 0.25) is 0 Å². The molecule has 8 heteroatoms. The largest absolute Gasteiger partial charge is 0.452 e. The molecule has 1 heterocycles. The smallest absolute Gasteiger partial charge is 0.338 e. The minimum Gasteiger partial charge on any atom is -0.452 e. The van der Waals surface area contributed by atoms with Crippen molar-refractivity contribution in [2.24, 2.45) is 5.73 Å². The molecule has 1 saturated heterocycles. The fourth-order valence-electron chi connectivity index (χ4n) is 2.71. The molecule has 1 atom stereocenters. The molecule has 1 aromatic rings. The average molecular weight is 347 g/mol. The maximum Gasteiger partial charge on any atom is 0.338 e. The number of esters is 1. The van der Waals surface area contributed by atoms with Gasteiger partial charge in [-0.1, -0.05) is 0 Å². The number of nitrogens with one attached hydrogen (secondary N) is 1. The summed E-state index contributed by atoms with van der Waals surface area (Å²) in [6, 6.07) is 5.47. The van der Waals surface area contributed by atoms with Gasteiger partial charge < -0.3 is 20.7 Å². The molecule has 0 spiro atoms. The number of carbonyl (C=O) groups is 4. The van der Waals surface area contributed by atoms with Crippen LogP contribution in [0.5, 0.6) is 0 Å². The molecule has 1 aliphatic heterocycles. The summed E-state index contributed by atoms with van der Waals surface area (Å²) in [4.78, 5) is 48.0. The van der Waals surface area contributed by atoms with Crippen LogP contribution in [-0.2, 0) is 19.1 Å². The van der Waals surface area contributed by atoms with E-state index in [-0.39, 0.29) is 11.5 Å². The number of benzene rings is 1. The number of anilines is 1. The lowest BCUT2D eigenvalue weighted by molar-refractivity contribution is -0.143. The Morgan fingerprint density at radius 2 is 1.88 bits per heavy atom. The first kappa shape index (κ1) is 18.4. The Bertz CT molecular complexity index is 671. The Hall–Kier alpha value is -2.90. The second kappa shape index (κ2) is 8.27. The third kappa shape index (κ3) is 5.03. The first-order chi connectivity index (χ1) is 11.9. The number of hydrogen-bond donors (Lipinski definition) is 2. The van der Waals surface area contributed by atoms with Crippen LogP contribution in [0.4, 0.5) is 5.69 Å². The number of nitrogens with two attached hydrogens (primary N) is 1. The zero-order valence-corrected chi connectivity index (χ0v) is 14.0. The van der Waals surface area contributed by atoms with Crippen LogP contribution in [0.1, 0.15) is 36.5 Å². The van der Waals surface area contributed by atoms with E-state index in [0.29, 0.717) is 18.7 Å². The van der Waals surface area contributed by atoms with Crippen LogP contribution < -0.4 is 11.1 Å². The van der Waals surface area contributed by atoms with Crippen LogP contribution in [0.3, 0.4) is 0 Å². The number of likely N-dealkylation sites (tertiary alicyclic amines) is 1. The Labute approximate surface area is 145 Å². The second-order valence-corrected chi connectivity index (χ2v) is 5.84. The maximum atomic E-state index is 12.2. The van der Waals surface area contributed by atoms with Gasteiger partial charge in [-0.15, -0.1) is 0 Å². The Morgan fingerprint density at radius 1 is 1.20 bits per heavy atom. The summed E-state index contributed by atoms with van der Waals surface area (Å²) < 4.78 is 5.02. The van der Waals surface area contributed by atoms with Crippen molar-refractivity contribution in [3.05, 3.63) is 29.8 Å². The van der Waals surface area contributed by atoms with Gasteiger partial charge in [0.25, 0.3) is 5.91 Å². The van der Waals surface area contributed by atoms with Crippen molar-refractivity contribution in [1.29, 1.82) is 0 Å². The summed E-state index contributed by atoms with van der Waals surface area (Å²) in [5.74, 6) is -1.86. The summed E-state index contributed by atoms with van der Waals surface area (Å²) in [7, 11) is 0. The van der Waals surface area contributed by atoms with Gasteiger partial charge in [0.2, 0.25) is 11.8 Å². The minimum atomic E-state index is -0.657. The first-order valence-corrected chi connectivity index (χ1v) is 8.02. The summed E-state index contributed by atoms with van der Waals surface area (Å²) in [6.07, 6.45) is 2.14. The van der Waals surface area contributed by atoms with E-state index in [1.54, 1.807) is 12.1 Å². The summed E-state index contributed by atoms with van der Waals surface area (Å²) in [6.45, 7) is 1.36. The lowest BCUT2D eigenvalue weighted by Gasteiger charge is -2.33. The normalized spacial score (nSPS) is 16.8. The van der Waals surface area contributed by atoms with Gasteiger partial charge in [0.05, 0.1) is 5.56 Å². The van der Waals surface area contributed by atoms with Gasteiger partial charge in [-0.25, -0.2) is 4.79 Å². The van der Waals surface area contributed by atoms with Crippen molar-refractivity contribution in [2.75, 3.05) is 18.5 Å². The number of ether oxygens (including phenoxy) is 1. The third-order valence-corrected chi connectivity index (χ3v) is 3.92. The molecule has 1 aromatic carbocycles. The molecule has 0 unspecified atom stereocenters. The van der Waals surface area contributed by atoms with Crippen LogP contribution in [-0.4, -0.2) is 47.8 Å². The highest BCUT2D eigenvalue weighted by atomic mass is 16.5. The number of hydrogen-bond acceptors (Lipinski definition) is 5. The minimum absolute atomic E-state index is 0.216. The summed E-state index contributed by atoms with van der Waals surface area (Å²) in [5.41, 5.74) is 6.13. The molecule has 134 valence electrons. The summed E-state index contributed by atoms with van der Waals surface area (Å²) >= 11 is 0. The average Bonchev–Trinajstić information content (AvgIpc) is 2.59. The van der Waals surface area contributed by atoms with Crippen molar-refractivity contribution in [3.8, 4) is 0 Å². The van der Waals surface area contributed by atoms with E-state index in [2.05, 4.69) is 5.32 Å². The van der Waals surface area contributed by atoms with Gasteiger partial charge in [-0.3, -0.25) is 14.4 Å². The van der Waals surface area contributed by atoms with Gasteiger partial charge in [0.1, 0.15) is 6.04 Å². The molecule has 0 radical (unpaired) electrons. The number of nitrogens with zero attached hydrogens (tertiary/aromatic N) is 1. The number of carbonyl (C=O) groups excluding carboxylic acids is 4. The Kier molecular flexibility index (Phi) is 6.10. The molecule has 3 amide bonds. The van der Waals surface area contributed by atoms with E-state index >= 15 is 0 Å². The standard InChI is InChI=1S/C17H21N3O5/c1-11(21)19-13-7-5-12(6-8-13)17(24)25-10-15(22)20-9-3-2-4-14(20)16(18)23/h5-8,14H,2-4,9-10H2,1H3,(H2,18,23)(H,19,21)/t14-/m1/s1. The molecule has 1 aliphatic rings. The van der Waals surface area contributed by atoms with Gasteiger partial charge in [-0.2, -0.15) is 0 Å². The van der Waals surface area contributed by atoms with E-state index in [0.717, 1.165) is 12.8 Å². The maximum absolute atomic E-state index is 12.2. The quantitative estimate of drug-likeness (QED) is 0.759. The predicted molar refractivity (Wildman–Crippen MR) is 89.6 cm³/mol.